The topological polar surface area (TPSA) is 113 Å². The van der Waals surface area contributed by atoms with Crippen LogP contribution < -0.4 is 0 Å². The van der Waals surface area contributed by atoms with Crippen molar-refractivity contribution in [3.63, 3.8) is 0 Å². The fourth-order valence-electron chi connectivity index (χ4n) is 4.02. The highest BCUT2D eigenvalue weighted by molar-refractivity contribution is 5.78. The number of tetrazole rings is 1. The Labute approximate surface area is 150 Å². The Bertz CT molecular complexity index is 744. The molecule has 10 nitrogen and oxygen atoms in total. The lowest BCUT2D eigenvalue weighted by Crippen LogP contribution is -2.57. The van der Waals surface area contributed by atoms with Gasteiger partial charge in [0, 0.05) is 50.4 Å². The first-order chi connectivity index (χ1) is 12.7. The molecule has 2 aromatic heterocycles. The number of nitrogens with zero attached hydrogens (tertiary/aromatic N) is 7. The summed E-state index contributed by atoms with van der Waals surface area (Å²) >= 11 is 0. The Morgan fingerprint density at radius 3 is 3.04 bits per heavy atom. The normalized spacial score (nSPS) is 23.2. The monoisotopic (exact) mass is 358 g/mol. The lowest BCUT2D eigenvalue weighted by Gasteiger charge is -2.47. The summed E-state index contributed by atoms with van der Waals surface area (Å²) in [6, 6.07) is 0.219. The van der Waals surface area contributed by atoms with E-state index in [2.05, 4.69) is 25.5 Å². The van der Waals surface area contributed by atoms with Crippen LogP contribution in [-0.2, 0) is 22.6 Å². The number of carbonyl (C=O) groups is 2. The second-order valence-corrected chi connectivity index (χ2v) is 6.92. The molecule has 26 heavy (non-hydrogen) atoms. The minimum absolute atomic E-state index is 0.0247. The van der Waals surface area contributed by atoms with Crippen LogP contribution in [0.4, 0.5) is 0 Å². The van der Waals surface area contributed by atoms with Gasteiger partial charge in [-0.05, 0) is 29.2 Å². The van der Waals surface area contributed by atoms with E-state index in [1.807, 2.05) is 9.80 Å². The van der Waals surface area contributed by atoms with Crippen LogP contribution in [0.3, 0.4) is 0 Å². The summed E-state index contributed by atoms with van der Waals surface area (Å²) < 4.78 is 1.44. The first kappa shape index (κ1) is 16.7. The zero-order valence-corrected chi connectivity index (χ0v) is 14.5. The molecule has 0 aromatic carbocycles. The molecule has 2 aliphatic heterocycles. The zero-order valence-electron chi connectivity index (χ0n) is 14.5. The maximum Gasteiger partial charge on any atom is 0.244 e. The summed E-state index contributed by atoms with van der Waals surface area (Å²) in [5.41, 5.74) is 1.04. The van der Waals surface area contributed by atoms with E-state index in [1.54, 1.807) is 12.5 Å². The highest BCUT2D eigenvalue weighted by atomic mass is 16.2. The van der Waals surface area contributed by atoms with Crippen LogP contribution in [0.5, 0.6) is 0 Å². The SMILES string of the molecule is O=C(Cn1cnnn1)N1CC[C@H]2[C@H](CCC(=O)N2CCc2cnc[nH]2)C1. The molecule has 138 valence electrons. The third kappa shape index (κ3) is 3.44. The van der Waals surface area contributed by atoms with Gasteiger partial charge in [-0.3, -0.25) is 9.59 Å². The van der Waals surface area contributed by atoms with Gasteiger partial charge in [0.2, 0.25) is 11.8 Å². The van der Waals surface area contributed by atoms with Crippen LogP contribution in [0.15, 0.2) is 18.9 Å². The average molecular weight is 358 g/mol. The van der Waals surface area contributed by atoms with Crippen molar-refractivity contribution in [3.8, 4) is 0 Å². The molecule has 2 amide bonds. The van der Waals surface area contributed by atoms with E-state index in [4.69, 9.17) is 0 Å². The molecule has 0 spiro atoms. The number of aromatic nitrogens is 6. The van der Waals surface area contributed by atoms with Crippen molar-refractivity contribution in [1.29, 1.82) is 0 Å². The molecule has 2 aromatic rings. The maximum absolute atomic E-state index is 12.5. The van der Waals surface area contributed by atoms with E-state index in [1.165, 1.54) is 11.0 Å². The number of carbonyl (C=O) groups excluding carboxylic acids is 2. The summed E-state index contributed by atoms with van der Waals surface area (Å²) in [5.74, 6) is 0.580. The fourth-order valence-corrected chi connectivity index (χ4v) is 4.02. The standard InChI is InChI=1S/C16H22N8O2/c25-15-2-1-12-8-22(16(26)9-23-11-19-20-21-23)5-4-14(12)24(15)6-3-13-7-17-10-18-13/h7,10-12,14H,1-6,8-9H2,(H,17,18)/t12-,14+/m1/s1. The van der Waals surface area contributed by atoms with Gasteiger partial charge in [-0.2, -0.15) is 0 Å². The zero-order chi connectivity index (χ0) is 17.9. The van der Waals surface area contributed by atoms with Crippen LogP contribution in [0.2, 0.25) is 0 Å². The van der Waals surface area contributed by atoms with E-state index >= 15 is 0 Å². The first-order valence-electron chi connectivity index (χ1n) is 8.96. The highest BCUT2D eigenvalue weighted by Crippen LogP contribution is 2.31. The summed E-state index contributed by atoms with van der Waals surface area (Å²) in [5, 5.41) is 10.9. The predicted octanol–water partition coefficient (Wildman–Crippen LogP) is -0.522. The molecule has 2 aliphatic rings. The van der Waals surface area contributed by atoms with Gasteiger partial charge < -0.3 is 14.8 Å². The number of hydrogen-bond donors (Lipinski definition) is 1. The van der Waals surface area contributed by atoms with Crippen molar-refractivity contribution in [2.24, 2.45) is 5.92 Å². The molecule has 1 N–H and O–H groups in total. The molecular formula is C16H22N8O2. The van der Waals surface area contributed by atoms with E-state index in [-0.39, 0.29) is 24.4 Å². The quantitative estimate of drug-likeness (QED) is 0.769. The number of hydrogen-bond acceptors (Lipinski definition) is 6. The molecular weight excluding hydrogens is 336 g/mol. The van der Waals surface area contributed by atoms with Crippen LogP contribution in [-0.4, -0.2) is 77.5 Å². The summed E-state index contributed by atoms with van der Waals surface area (Å²) in [7, 11) is 0. The molecule has 0 radical (unpaired) electrons. The second kappa shape index (κ2) is 7.22. The van der Waals surface area contributed by atoms with Crippen molar-refractivity contribution in [2.75, 3.05) is 19.6 Å². The molecule has 2 fully saturated rings. The van der Waals surface area contributed by atoms with E-state index in [9.17, 15) is 9.59 Å². The minimum atomic E-state index is 0.0247. The number of aromatic amines is 1. The summed E-state index contributed by atoms with van der Waals surface area (Å²) in [6.45, 7) is 2.21. The third-order valence-corrected chi connectivity index (χ3v) is 5.36. The molecule has 2 saturated heterocycles. The van der Waals surface area contributed by atoms with Gasteiger partial charge in [0.25, 0.3) is 0 Å². The molecule has 0 bridgehead atoms. The van der Waals surface area contributed by atoms with Crippen molar-refractivity contribution in [1.82, 2.24) is 40.0 Å². The van der Waals surface area contributed by atoms with Crippen molar-refractivity contribution >= 4 is 11.8 Å². The number of piperidine rings is 2. The van der Waals surface area contributed by atoms with E-state index < -0.39 is 0 Å². The Hall–Kier alpha value is -2.78. The third-order valence-electron chi connectivity index (χ3n) is 5.36. The smallest absolute Gasteiger partial charge is 0.244 e. The maximum atomic E-state index is 12.5. The van der Waals surface area contributed by atoms with Gasteiger partial charge >= 0.3 is 0 Å². The Morgan fingerprint density at radius 1 is 1.35 bits per heavy atom. The number of H-pyrrole nitrogens is 1. The number of fused-ring (bicyclic) bond motifs is 1. The van der Waals surface area contributed by atoms with Gasteiger partial charge in [-0.15, -0.1) is 5.10 Å². The molecule has 0 unspecified atom stereocenters. The van der Waals surface area contributed by atoms with Crippen LogP contribution in [0.25, 0.3) is 0 Å². The van der Waals surface area contributed by atoms with Gasteiger partial charge in [-0.1, -0.05) is 0 Å². The highest BCUT2D eigenvalue weighted by Gasteiger charge is 2.40. The van der Waals surface area contributed by atoms with E-state index in [0.29, 0.717) is 32.0 Å². The van der Waals surface area contributed by atoms with Crippen molar-refractivity contribution in [2.45, 2.75) is 38.3 Å². The minimum Gasteiger partial charge on any atom is -0.348 e. The van der Waals surface area contributed by atoms with E-state index in [0.717, 1.165) is 25.0 Å². The van der Waals surface area contributed by atoms with Crippen LogP contribution in [0, 0.1) is 5.92 Å². The summed E-state index contributed by atoms with van der Waals surface area (Å²) in [6.07, 6.45) is 7.90. The first-order valence-corrected chi connectivity index (χ1v) is 8.96. The Kier molecular flexibility index (Phi) is 4.63. The molecule has 2 atom stereocenters. The average Bonchev–Trinajstić information content (AvgIpc) is 3.34. The van der Waals surface area contributed by atoms with Crippen LogP contribution in [0.1, 0.15) is 25.0 Å². The molecule has 10 heteroatoms. The van der Waals surface area contributed by atoms with Crippen molar-refractivity contribution < 1.29 is 9.59 Å². The Balaban J connectivity index is 1.37. The fraction of sp³-hybridized carbons (Fsp3) is 0.625. The van der Waals surface area contributed by atoms with Crippen molar-refractivity contribution in [3.05, 3.63) is 24.5 Å². The number of imidazole rings is 1. The largest absolute Gasteiger partial charge is 0.348 e. The number of rotatable bonds is 5. The number of likely N-dealkylation sites (tertiary alicyclic amines) is 2. The molecule has 0 aliphatic carbocycles. The summed E-state index contributed by atoms with van der Waals surface area (Å²) in [4.78, 5) is 35.9. The molecule has 4 rings (SSSR count). The second-order valence-electron chi connectivity index (χ2n) is 6.92. The van der Waals surface area contributed by atoms with Gasteiger partial charge in [0.1, 0.15) is 12.9 Å². The number of nitrogens with one attached hydrogen (secondary N) is 1. The lowest BCUT2D eigenvalue weighted by atomic mass is 9.83. The van der Waals surface area contributed by atoms with Crippen LogP contribution >= 0.6 is 0 Å². The molecule has 4 heterocycles. The lowest BCUT2D eigenvalue weighted by molar-refractivity contribution is -0.144. The molecule has 0 saturated carbocycles. The number of amides is 2. The predicted molar refractivity (Wildman–Crippen MR) is 89.5 cm³/mol. The van der Waals surface area contributed by atoms with Gasteiger partial charge in [-0.25, -0.2) is 9.67 Å². The Morgan fingerprint density at radius 2 is 2.27 bits per heavy atom. The van der Waals surface area contributed by atoms with Gasteiger partial charge in [0.05, 0.1) is 6.33 Å². The van der Waals surface area contributed by atoms with Gasteiger partial charge in [0.15, 0.2) is 0 Å².